The Morgan fingerprint density at radius 1 is 1.11 bits per heavy atom. The summed E-state index contributed by atoms with van der Waals surface area (Å²) in [6, 6.07) is 9.20. The predicted octanol–water partition coefficient (Wildman–Crippen LogP) is 2.46. The van der Waals surface area contributed by atoms with Crippen LogP contribution in [0, 0.1) is 6.92 Å². The molecule has 1 atom stereocenters. The van der Waals surface area contributed by atoms with Crippen LogP contribution < -0.4 is 15.2 Å². The molecule has 4 nitrogen and oxygen atoms in total. The second-order valence-electron chi connectivity index (χ2n) is 4.28. The monoisotopic (exact) mass is 258 g/mol. The first-order valence-corrected chi connectivity index (χ1v) is 6.06. The summed E-state index contributed by atoms with van der Waals surface area (Å²) in [6.07, 6.45) is 1.76. The van der Waals surface area contributed by atoms with Crippen molar-refractivity contribution >= 4 is 0 Å². The molecule has 100 valence electrons. The number of benzene rings is 1. The van der Waals surface area contributed by atoms with Gasteiger partial charge in [0.2, 0.25) is 0 Å². The highest BCUT2D eigenvalue weighted by molar-refractivity contribution is 5.50. The maximum atomic E-state index is 6.35. The van der Waals surface area contributed by atoms with Gasteiger partial charge >= 0.3 is 0 Å². The molecule has 2 rings (SSSR count). The Labute approximate surface area is 113 Å². The van der Waals surface area contributed by atoms with Gasteiger partial charge in [-0.05, 0) is 36.8 Å². The van der Waals surface area contributed by atoms with Crippen LogP contribution in [0.3, 0.4) is 0 Å². The smallest absolute Gasteiger partial charge is 0.127 e. The SMILES string of the molecule is COc1cccc(OC)c1C(N)c1ccnc(C)c1. The van der Waals surface area contributed by atoms with Crippen LogP contribution in [0.4, 0.5) is 0 Å². The average Bonchev–Trinajstić information content (AvgIpc) is 2.45. The van der Waals surface area contributed by atoms with Gasteiger partial charge < -0.3 is 15.2 Å². The number of hydrogen-bond donors (Lipinski definition) is 1. The number of nitrogens with zero attached hydrogens (tertiary/aromatic N) is 1. The number of hydrogen-bond acceptors (Lipinski definition) is 4. The Kier molecular flexibility index (Phi) is 4.02. The number of ether oxygens (including phenoxy) is 2. The van der Waals surface area contributed by atoms with Gasteiger partial charge in [0.05, 0.1) is 25.8 Å². The summed E-state index contributed by atoms with van der Waals surface area (Å²) in [5.74, 6) is 1.45. The topological polar surface area (TPSA) is 57.4 Å². The van der Waals surface area contributed by atoms with Gasteiger partial charge in [-0.1, -0.05) is 6.07 Å². The van der Waals surface area contributed by atoms with Crippen molar-refractivity contribution in [1.82, 2.24) is 4.98 Å². The molecule has 2 N–H and O–H groups in total. The third-order valence-corrected chi connectivity index (χ3v) is 3.06. The van der Waals surface area contributed by atoms with Crippen molar-refractivity contribution in [3.8, 4) is 11.5 Å². The van der Waals surface area contributed by atoms with Crippen molar-refractivity contribution in [2.75, 3.05) is 14.2 Å². The van der Waals surface area contributed by atoms with E-state index in [4.69, 9.17) is 15.2 Å². The molecule has 1 aromatic carbocycles. The van der Waals surface area contributed by atoms with Crippen LogP contribution in [0.5, 0.6) is 11.5 Å². The Hall–Kier alpha value is -2.07. The second-order valence-corrected chi connectivity index (χ2v) is 4.28. The number of aryl methyl sites for hydroxylation is 1. The van der Waals surface area contributed by atoms with Crippen molar-refractivity contribution in [3.63, 3.8) is 0 Å². The molecule has 0 saturated heterocycles. The molecule has 0 bridgehead atoms. The first kappa shape index (κ1) is 13.4. The molecule has 19 heavy (non-hydrogen) atoms. The Bertz CT molecular complexity index is 548. The van der Waals surface area contributed by atoms with Gasteiger partial charge in [-0.15, -0.1) is 0 Å². The van der Waals surface area contributed by atoms with Crippen LogP contribution >= 0.6 is 0 Å². The molecule has 0 aliphatic heterocycles. The van der Waals surface area contributed by atoms with E-state index in [-0.39, 0.29) is 6.04 Å². The maximum Gasteiger partial charge on any atom is 0.127 e. The van der Waals surface area contributed by atoms with Gasteiger partial charge in [-0.2, -0.15) is 0 Å². The van der Waals surface area contributed by atoms with Crippen molar-refractivity contribution in [2.45, 2.75) is 13.0 Å². The minimum atomic E-state index is -0.312. The molecule has 0 fully saturated rings. The van der Waals surface area contributed by atoms with Crippen LogP contribution in [-0.4, -0.2) is 19.2 Å². The van der Waals surface area contributed by atoms with E-state index >= 15 is 0 Å². The largest absolute Gasteiger partial charge is 0.496 e. The summed E-state index contributed by atoms with van der Waals surface area (Å²) in [7, 11) is 3.26. The molecule has 0 saturated carbocycles. The summed E-state index contributed by atoms with van der Waals surface area (Å²) >= 11 is 0. The van der Waals surface area contributed by atoms with Crippen molar-refractivity contribution < 1.29 is 9.47 Å². The zero-order chi connectivity index (χ0) is 13.8. The lowest BCUT2D eigenvalue weighted by molar-refractivity contribution is 0.382. The molecule has 0 radical (unpaired) electrons. The summed E-state index contributed by atoms with van der Waals surface area (Å²) < 4.78 is 10.8. The molecule has 1 aromatic heterocycles. The number of pyridine rings is 1. The Morgan fingerprint density at radius 2 is 1.74 bits per heavy atom. The highest BCUT2D eigenvalue weighted by atomic mass is 16.5. The molecule has 4 heteroatoms. The lowest BCUT2D eigenvalue weighted by atomic mass is 9.98. The van der Waals surface area contributed by atoms with E-state index in [0.717, 1.165) is 28.3 Å². The van der Waals surface area contributed by atoms with E-state index in [9.17, 15) is 0 Å². The van der Waals surface area contributed by atoms with Crippen LogP contribution in [0.25, 0.3) is 0 Å². The van der Waals surface area contributed by atoms with E-state index in [2.05, 4.69) is 4.98 Å². The van der Waals surface area contributed by atoms with E-state index < -0.39 is 0 Å². The summed E-state index contributed by atoms with van der Waals surface area (Å²) in [5.41, 5.74) is 9.11. The van der Waals surface area contributed by atoms with Crippen LogP contribution in [0.1, 0.15) is 22.9 Å². The lowest BCUT2D eigenvalue weighted by Crippen LogP contribution is -2.14. The van der Waals surface area contributed by atoms with E-state index in [1.165, 1.54) is 0 Å². The molecule has 1 unspecified atom stereocenters. The van der Waals surface area contributed by atoms with Crippen LogP contribution in [0.15, 0.2) is 36.5 Å². The van der Waals surface area contributed by atoms with Crippen molar-refractivity contribution in [3.05, 3.63) is 53.3 Å². The third kappa shape index (κ3) is 2.69. The number of rotatable bonds is 4. The van der Waals surface area contributed by atoms with E-state index in [0.29, 0.717) is 0 Å². The van der Waals surface area contributed by atoms with Gasteiger partial charge in [0.1, 0.15) is 11.5 Å². The maximum absolute atomic E-state index is 6.35. The molecular formula is C15H18N2O2. The highest BCUT2D eigenvalue weighted by Crippen LogP contribution is 2.35. The number of nitrogens with two attached hydrogens (primary N) is 1. The second kappa shape index (κ2) is 5.71. The van der Waals surface area contributed by atoms with Crippen molar-refractivity contribution in [1.29, 1.82) is 0 Å². The minimum Gasteiger partial charge on any atom is -0.496 e. The molecule has 0 spiro atoms. The fourth-order valence-electron chi connectivity index (χ4n) is 2.11. The summed E-state index contributed by atoms with van der Waals surface area (Å²) in [6.45, 7) is 1.94. The van der Waals surface area contributed by atoms with Gasteiger partial charge in [0, 0.05) is 11.9 Å². The standard InChI is InChI=1S/C15H18N2O2/c1-10-9-11(7-8-17-10)15(16)14-12(18-2)5-4-6-13(14)19-3/h4-9,15H,16H2,1-3H3. The molecule has 0 aliphatic rings. The van der Waals surface area contributed by atoms with Crippen LogP contribution in [0.2, 0.25) is 0 Å². The minimum absolute atomic E-state index is 0.312. The fraction of sp³-hybridized carbons (Fsp3) is 0.267. The Balaban J connectivity index is 2.51. The molecule has 0 aliphatic carbocycles. The molecule has 0 amide bonds. The van der Waals surface area contributed by atoms with Gasteiger partial charge in [0.15, 0.2) is 0 Å². The fourth-order valence-corrected chi connectivity index (χ4v) is 2.11. The van der Waals surface area contributed by atoms with Crippen molar-refractivity contribution in [2.24, 2.45) is 5.73 Å². The van der Waals surface area contributed by atoms with E-state index in [1.807, 2.05) is 37.3 Å². The first-order chi connectivity index (χ1) is 9.17. The molecule has 2 aromatic rings. The molecular weight excluding hydrogens is 240 g/mol. The normalized spacial score (nSPS) is 12.0. The Morgan fingerprint density at radius 3 is 2.26 bits per heavy atom. The average molecular weight is 258 g/mol. The van der Waals surface area contributed by atoms with Gasteiger partial charge in [-0.3, -0.25) is 4.98 Å². The van der Waals surface area contributed by atoms with E-state index in [1.54, 1.807) is 20.4 Å². The number of methoxy groups -OCH3 is 2. The highest BCUT2D eigenvalue weighted by Gasteiger charge is 2.19. The summed E-state index contributed by atoms with van der Waals surface area (Å²) in [5, 5.41) is 0. The van der Waals surface area contributed by atoms with Gasteiger partial charge in [0.25, 0.3) is 0 Å². The lowest BCUT2D eigenvalue weighted by Gasteiger charge is -2.19. The zero-order valence-corrected chi connectivity index (χ0v) is 11.4. The molecule has 1 heterocycles. The third-order valence-electron chi connectivity index (χ3n) is 3.06. The number of aromatic nitrogens is 1. The summed E-state index contributed by atoms with van der Waals surface area (Å²) in [4.78, 5) is 4.18. The van der Waals surface area contributed by atoms with Gasteiger partial charge in [-0.25, -0.2) is 0 Å². The van der Waals surface area contributed by atoms with Crippen LogP contribution in [-0.2, 0) is 0 Å². The first-order valence-electron chi connectivity index (χ1n) is 6.06. The predicted molar refractivity (Wildman–Crippen MR) is 74.6 cm³/mol. The zero-order valence-electron chi connectivity index (χ0n) is 11.4. The quantitative estimate of drug-likeness (QED) is 0.915.